The Hall–Kier alpha value is -0.0800. The topological polar surface area (TPSA) is 29.3 Å². The maximum absolute atomic E-state index is 6.28. The summed E-state index contributed by atoms with van der Waals surface area (Å²) in [4.78, 5) is 2.78. The predicted octanol–water partition coefficient (Wildman–Crippen LogP) is 4.18. The molecule has 1 heterocycles. The molecule has 0 aromatic carbocycles. The Morgan fingerprint density at radius 2 is 1.80 bits per heavy atom. The van der Waals surface area contributed by atoms with Gasteiger partial charge < -0.3 is 5.73 Å². The zero-order valence-corrected chi connectivity index (χ0v) is 14.3. The molecule has 0 aromatic heterocycles. The first-order valence-corrected chi connectivity index (χ1v) is 8.92. The maximum atomic E-state index is 6.28. The second-order valence-electron chi connectivity index (χ2n) is 8.08. The van der Waals surface area contributed by atoms with E-state index < -0.39 is 0 Å². The molecule has 0 spiro atoms. The minimum Gasteiger partial charge on any atom is -0.329 e. The second-order valence-corrected chi connectivity index (χ2v) is 8.08. The van der Waals surface area contributed by atoms with Gasteiger partial charge in [-0.2, -0.15) is 0 Å². The van der Waals surface area contributed by atoms with Gasteiger partial charge in [0, 0.05) is 18.1 Å². The Morgan fingerprint density at radius 3 is 2.30 bits per heavy atom. The normalized spacial score (nSPS) is 37.0. The van der Waals surface area contributed by atoms with Crippen molar-refractivity contribution >= 4 is 0 Å². The van der Waals surface area contributed by atoms with Crippen molar-refractivity contribution in [3.63, 3.8) is 0 Å². The van der Waals surface area contributed by atoms with Gasteiger partial charge in [-0.05, 0) is 63.3 Å². The molecule has 1 aliphatic carbocycles. The Kier molecular flexibility index (Phi) is 5.18. The Morgan fingerprint density at radius 1 is 1.15 bits per heavy atom. The highest BCUT2D eigenvalue weighted by Gasteiger charge is 2.44. The molecule has 1 saturated carbocycles. The zero-order chi connectivity index (χ0) is 14.8. The van der Waals surface area contributed by atoms with Gasteiger partial charge >= 0.3 is 0 Å². The van der Waals surface area contributed by atoms with E-state index >= 15 is 0 Å². The van der Waals surface area contributed by atoms with Crippen molar-refractivity contribution in [2.75, 3.05) is 13.1 Å². The first kappa shape index (κ1) is 16.3. The molecule has 1 saturated heterocycles. The summed E-state index contributed by atoms with van der Waals surface area (Å²) in [6.07, 6.45) is 10.8. The van der Waals surface area contributed by atoms with Crippen LogP contribution in [0.15, 0.2) is 0 Å². The van der Waals surface area contributed by atoms with Crippen LogP contribution in [-0.4, -0.2) is 29.6 Å². The molecule has 1 aliphatic heterocycles. The molecule has 1 unspecified atom stereocenters. The summed E-state index contributed by atoms with van der Waals surface area (Å²) in [7, 11) is 0. The Bertz CT molecular complexity index is 303. The largest absolute Gasteiger partial charge is 0.329 e. The van der Waals surface area contributed by atoms with E-state index in [0.717, 1.165) is 18.5 Å². The van der Waals surface area contributed by atoms with Gasteiger partial charge in [0.1, 0.15) is 0 Å². The molecule has 2 N–H and O–H groups in total. The van der Waals surface area contributed by atoms with E-state index in [9.17, 15) is 0 Å². The molecule has 20 heavy (non-hydrogen) atoms. The molecular weight excluding hydrogens is 244 g/mol. The second kappa shape index (κ2) is 6.36. The first-order valence-electron chi connectivity index (χ1n) is 8.92. The summed E-state index contributed by atoms with van der Waals surface area (Å²) in [6.45, 7) is 11.8. The van der Waals surface area contributed by atoms with Crippen LogP contribution < -0.4 is 5.73 Å². The van der Waals surface area contributed by atoms with E-state index in [0.29, 0.717) is 11.0 Å². The van der Waals surface area contributed by atoms with Crippen molar-refractivity contribution in [3.05, 3.63) is 0 Å². The molecule has 2 aliphatic rings. The van der Waals surface area contributed by atoms with Crippen LogP contribution >= 0.6 is 0 Å². The van der Waals surface area contributed by atoms with E-state index in [4.69, 9.17) is 5.73 Å². The van der Waals surface area contributed by atoms with Crippen molar-refractivity contribution in [1.29, 1.82) is 0 Å². The van der Waals surface area contributed by atoms with Crippen molar-refractivity contribution in [2.24, 2.45) is 17.1 Å². The van der Waals surface area contributed by atoms with Gasteiger partial charge in [-0.25, -0.2) is 0 Å². The van der Waals surface area contributed by atoms with Crippen molar-refractivity contribution in [1.82, 2.24) is 4.90 Å². The summed E-state index contributed by atoms with van der Waals surface area (Å²) >= 11 is 0. The molecule has 2 fully saturated rings. The lowest BCUT2D eigenvalue weighted by Gasteiger charge is -2.53. The Balaban J connectivity index is 2.04. The standard InChI is InChI=1S/C18H36N2/c1-5-17(3,4)16-9-11-18(14-19,12-10-16)20-13-7-6-8-15(20)2/h15-16H,5-14,19H2,1-4H3. The van der Waals surface area contributed by atoms with Crippen LogP contribution in [0.3, 0.4) is 0 Å². The Labute approximate surface area is 126 Å². The molecule has 2 heteroatoms. The molecule has 0 radical (unpaired) electrons. The van der Waals surface area contributed by atoms with E-state index in [-0.39, 0.29) is 0 Å². The summed E-state index contributed by atoms with van der Waals surface area (Å²) in [5, 5.41) is 0. The van der Waals surface area contributed by atoms with Crippen molar-refractivity contribution in [3.8, 4) is 0 Å². The summed E-state index contributed by atoms with van der Waals surface area (Å²) in [5.74, 6) is 0.896. The van der Waals surface area contributed by atoms with Crippen LogP contribution in [0, 0.1) is 11.3 Å². The molecule has 0 bridgehead atoms. The average Bonchev–Trinajstić information content (AvgIpc) is 2.48. The fraction of sp³-hybridized carbons (Fsp3) is 1.00. The van der Waals surface area contributed by atoms with Gasteiger partial charge in [0.05, 0.1) is 0 Å². The van der Waals surface area contributed by atoms with Gasteiger partial charge in [0.2, 0.25) is 0 Å². The van der Waals surface area contributed by atoms with Gasteiger partial charge in [-0.15, -0.1) is 0 Å². The van der Waals surface area contributed by atoms with Gasteiger partial charge in [0.25, 0.3) is 0 Å². The lowest BCUT2D eigenvalue weighted by atomic mass is 9.64. The lowest BCUT2D eigenvalue weighted by Crippen LogP contribution is -2.60. The highest BCUT2D eigenvalue weighted by atomic mass is 15.2. The minimum absolute atomic E-state index is 0.320. The summed E-state index contributed by atoms with van der Waals surface area (Å²) in [5.41, 5.74) is 7.10. The molecule has 2 rings (SSSR count). The molecule has 1 atom stereocenters. The van der Waals surface area contributed by atoms with E-state index in [2.05, 4.69) is 32.6 Å². The molecule has 2 nitrogen and oxygen atoms in total. The number of hydrogen-bond donors (Lipinski definition) is 1. The highest BCUT2D eigenvalue weighted by molar-refractivity contribution is 5.00. The van der Waals surface area contributed by atoms with E-state index in [1.807, 2.05) is 0 Å². The fourth-order valence-corrected chi connectivity index (χ4v) is 4.64. The van der Waals surface area contributed by atoms with Crippen LogP contribution in [0.5, 0.6) is 0 Å². The van der Waals surface area contributed by atoms with Gasteiger partial charge in [-0.3, -0.25) is 4.90 Å². The van der Waals surface area contributed by atoms with Crippen LogP contribution in [0.1, 0.15) is 79.1 Å². The predicted molar refractivity (Wildman–Crippen MR) is 87.8 cm³/mol. The monoisotopic (exact) mass is 280 g/mol. The molecular formula is C18H36N2. The van der Waals surface area contributed by atoms with Crippen LogP contribution in [0.4, 0.5) is 0 Å². The fourth-order valence-electron chi connectivity index (χ4n) is 4.64. The number of nitrogens with zero attached hydrogens (tertiary/aromatic N) is 1. The molecule has 118 valence electrons. The number of likely N-dealkylation sites (tertiary alicyclic amines) is 1. The number of piperidine rings is 1. The number of rotatable bonds is 4. The van der Waals surface area contributed by atoms with Crippen LogP contribution in [-0.2, 0) is 0 Å². The third-order valence-electron chi connectivity index (χ3n) is 6.72. The van der Waals surface area contributed by atoms with Crippen molar-refractivity contribution < 1.29 is 0 Å². The first-order chi connectivity index (χ1) is 9.45. The smallest absolute Gasteiger partial charge is 0.0334 e. The van der Waals surface area contributed by atoms with Gasteiger partial charge in [-0.1, -0.05) is 33.6 Å². The summed E-state index contributed by atoms with van der Waals surface area (Å²) in [6, 6.07) is 0.739. The lowest BCUT2D eigenvalue weighted by molar-refractivity contribution is -0.0208. The molecule has 0 amide bonds. The molecule has 0 aromatic rings. The number of nitrogens with two attached hydrogens (primary N) is 1. The van der Waals surface area contributed by atoms with E-state index in [1.54, 1.807) is 0 Å². The minimum atomic E-state index is 0.320. The summed E-state index contributed by atoms with van der Waals surface area (Å²) < 4.78 is 0. The number of hydrogen-bond acceptors (Lipinski definition) is 2. The third-order valence-corrected chi connectivity index (χ3v) is 6.72. The quantitative estimate of drug-likeness (QED) is 0.837. The highest BCUT2D eigenvalue weighted by Crippen LogP contribution is 2.46. The van der Waals surface area contributed by atoms with Crippen LogP contribution in [0.2, 0.25) is 0 Å². The SMILES string of the molecule is CCC(C)(C)C1CCC(CN)(N2CCCCC2C)CC1. The van der Waals surface area contributed by atoms with Gasteiger partial charge in [0.15, 0.2) is 0 Å². The zero-order valence-electron chi connectivity index (χ0n) is 14.3. The maximum Gasteiger partial charge on any atom is 0.0334 e. The van der Waals surface area contributed by atoms with Crippen LogP contribution in [0.25, 0.3) is 0 Å². The third kappa shape index (κ3) is 3.06. The van der Waals surface area contributed by atoms with Crippen molar-refractivity contribution in [2.45, 2.75) is 90.6 Å². The average molecular weight is 280 g/mol. The van der Waals surface area contributed by atoms with E-state index in [1.165, 1.54) is 57.9 Å².